The molecule has 1 rings (SSSR count). The highest BCUT2D eigenvalue weighted by atomic mass is 14.9. The summed E-state index contributed by atoms with van der Waals surface area (Å²) in [6.07, 6.45) is 23.3. The second kappa shape index (κ2) is 13.6. The fraction of sp³-hybridized carbons (Fsp3) is 1.00. The molecule has 0 aromatic carbocycles. The third-order valence-electron chi connectivity index (χ3n) is 5.41. The van der Waals surface area contributed by atoms with E-state index in [4.69, 9.17) is 0 Å². The fourth-order valence-electron chi connectivity index (χ4n) is 3.91. The minimum absolute atomic E-state index is 0.785. The molecular weight excluding hydrogens is 254 g/mol. The molecule has 1 heteroatoms. The molecule has 0 saturated heterocycles. The summed E-state index contributed by atoms with van der Waals surface area (Å²) in [5.41, 5.74) is 0. The van der Waals surface area contributed by atoms with Gasteiger partial charge < -0.3 is 5.32 Å². The fourth-order valence-corrected chi connectivity index (χ4v) is 3.91. The van der Waals surface area contributed by atoms with Crippen molar-refractivity contribution < 1.29 is 0 Å². The zero-order valence-corrected chi connectivity index (χ0v) is 15.0. The Hall–Kier alpha value is -0.0400. The van der Waals surface area contributed by atoms with Crippen molar-refractivity contribution in [3.8, 4) is 0 Å². The maximum absolute atomic E-state index is 3.59. The van der Waals surface area contributed by atoms with Crippen LogP contribution < -0.4 is 5.32 Å². The van der Waals surface area contributed by atoms with Gasteiger partial charge >= 0.3 is 0 Å². The van der Waals surface area contributed by atoms with Crippen molar-refractivity contribution in [1.29, 1.82) is 0 Å². The van der Waals surface area contributed by atoms with E-state index in [1.54, 1.807) is 0 Å². The number of hydrogen-bond donors (Lipinski definition) is 1. The van der Waals surface area contributed by atoms with Crippen molar-refractivity contribution in [2.75, 3.05) is 7.05 Å². The normalized spacial score (nSPS) is 18.6. The molecule has 1 nitrogen and oxygen atoms in total. The van der Waals surface area contributed by atoms with Gasteiger partial charge in [-0.2, -0.15) is 0 Å². The number of unbranched alkanes of at least 4 members (excludes halogenated alkanes) is 7. The van der Waals surface area contributed by atoms with E-state index < -0.39 is 0 Å². The van der Waals surface area contributed by atoms with Gasteiger partial charge in [0.15, 0.2) is 0 Å². The molecule has 1 fully saturated rings. The maximum atomic E-state index is 3.59. The van der Waals surface area contributed by atoms with Crippen LogP contribution >= 0.6 is 0 Å². The highest BCUT2D eigenvalue weighted by Gasteiger charge is 2.16. The lowest BCUT2D eigenvalue weighted by atomic mass is 9.90. The molecule has 0 aromatic heterocycles. The van der Waals surface area contributed by atoms with Gasteiger partial charge in [0.25, 0.3) is 0 Å². The Morgan fingerprint density at radius 3 is 1.95 bits per heavy atom. The highest BCUT2D eigenvalue weighted by Crippen LogP contribution is 2.27. The summed E-state index contributed by atoms with van der Waals surface area (Å²) in [5, 5.41) is 3.59. The van der Waals surface area contributed by atoms with Crippen molar-refractivity contribution in [3.63, 3.8) is 0 Å². The smallest absolute Gasteiger partial charge is 0.00667 e. The first-order valence-electron chi connectivity index (χ1n) is 10.0. The van der Waals surface area contributed by atoms with Crippen LogP contribution in [0.25, 0.3) is 0 Å². The Kier molecular flexibility index (Phi) is 12.3. The van der Waals surface area contributed by atoms with Crippen molar-refractivity contribution >= 4 is 0 Å². The molecule has 1 aliphatic carbocycles. The molecule has 0 aliphatic heterocycles. The van der Waals surface area contributed by atoms with Crippen LogP contribution in [-0.4, -0.2) is 13.1 Å². The molecular formula is C20H41N. The second-order valence-corrected chi connectivity index (χ2v) is 7.34. The second-order valence-electron chi connectivity index (χ2n) is 7.34. The summed E-state index contributed by atoms with van der Waals surface area (Å²) in [6, 6.07) is 0.785. The zero-order chi connectivity index (χ0) is 15.2. The van der Waals surface area contributed by atoms with Crippen LogP contribution in [0.5, 0.6) is 0 Å². The van der Waals surface area contributed by atoms with Crippen LogP contribution in [-0.2, 0) is 0 Å². The van der Waals surface area contributed by atoms with Gasteiger partial charge in [0.05, 0.1) is 0 Å². The van der Waals surface area contributed by atoms with E-state index in [1.165, 1.54) is 103 Å². The van der Waals surface area contributed by atoms with Gasteiger partial charge in [-0.15, -0.1) is 0 Å². The van der Waals surface area contributed by atoms with Gasteiger partial charge in [-0.1, -0.05) is 96.8 Å². The molecule has 1 N–H and O–H groups in total. The highest BCUT2D eigenvalue weighted by molar-refractivity contribution is 4.73. The first-order valence-corrected chi connectivity index (χ1v) is 10.0. The van der Waals surface area contributed by atoms with Gasteiger partial charge in [0.2, 0.25) is 0 Å². The summed E-state index contributed by atoms with van der Waals surface area (Å²) >= 11 is 0. The van der Waals surface area contributed by atoms with Crippen molar-refractivity contribution in [3.05, 3.63) is 0 Å². The van der Waals surface area contributed by atoms with Gasteiger partial charge in [-0.05, 0) is 25.8 Å². The van der Waals surface area contributed by atoms with Gasteiger partial charge in [-0.3, -0.25) is 0 Å². The largest absolute Gasteiger partial charge is 0.317 e. The standard InChI is InChI=1S/C20H41N/c1-3-4-5-6-7-8-9-14-17-20(21-2)18-19-15-12-10-11-13-16-19/h19-21H,3-18H2,1-2H3. The Morgan fingerprint density at radius 1 is 0.810 bits per heavy atom. The predicted molar refractivity (Wildman–Crippen MR) is 95.9 cm³/mol. The summed E-state index contributed by atoms with van der Waals surface area (Å²) < 4.78 is 0. The third-order valence-corrected chi connectivity index (χ3v) is 5.41. The molecule has 1 aliphatic rings. The van der Waals surface area contributed by atoms with Crippen LogP contribution in [0.1, 0.15) is 110 Å². The third kappa shape index (κ3) is 10.3. The van der Waals surface area contributed by atoms with Crippen molar-refractivity contribution in [2.45, 2.75) is 116 Å². The molecule has 0 bridgehead atoms. The minimum Gasteiger partial charge on any atom is -0.317 e. The predicted octanol–water partition coefficient (Wildman–Crippen LogP) is 6.47. The van der Waals surface area contributed by atoms with E-state index in [0.29, 0.717) is 0 Å². The minimum atomic E-state index is 0.785. The lowest BCUT2D eigenvalue weighted by Gasteiger charge is -2.22. The Morgan fingerprint density at radius 2 is 1.38 bits per heavy atom. The lowest BCUT2D eigenvalue weighted by Crippen LogP contribution is -2.27. The van der Waals surface area contributed by atoms with E-state index in [9.17, 15) is 0 Å². The Labute approximate surface area is 134 Å². The van der Waals surface area contributed by atoms with Crippen molar-refractivity contribution in [1.82, 2.24) is 5.32 Å². The van der Waals surface area contributed by atoms with E-state index in [1.807, 2.05) is 0 Å². The van der Waals surface area contributed by atoms with Gasteiger partial charge in [0, 0.05) is 6.04 Å². The molecule has 0 spiro atoms. The van der Waals surface area contributed by atoms with Gasteiger partial charge in [0.1, 0.15) is 0 Å². The number of nitrogens with one attached hydrogen (secondary N) is 1. The van der Waals surface area contributed by atoms with Crippen LogP contribution in [0, 0.1) is 5.92 Å². The molecule has 0 aromatic rings. The molecule has 0 heterocycles. The Balaban J connectivity index is 1.99. The van der Waals surface area contributed by atoms with Crippen LogP contribution in [0.3, 0.4) is 0 Å². The molecule has 1 saturated carbocycles. The van der Waals surface area contributed by atoms with E-state index >= 15 is 0 Å². The monoisotopic (exact) mass is 295 g/mol. The zero-order valence-electron chi connectivity index (χ0n) is 15.0. The molecule has 0 amide bonds. The number of hydrogen-bond acceptors (Lipinski definition) is 1. The maximum Gasteiger partial charge on any atom is 0.00667 e. The van der Waals surface area contributed by atoms with E-state index in [-0.39, 0.29) is 0 Å². The number of rotatable bonds is 12. The van der Waals surface area contributed by atoms with Crippen LogP contribution in [0.15, 0.2) is 0 Å². The van der Waals surface area contributed by atoms with E-state index in [0.717, 1.165) is 12.0 Å². The molecule has 1 atom stereocenters. The molecule has 0 radical (unpaired) electrons. The first-order chi connectivity index (χ1) is 10.4. The lowest BCUT2D eigenvalue weighted by molar-refractivity contribution is 0.344. The SMILES string of the molecule is CCCCCCCCCCC(CC1CCCCCC1)NC. The molecule has 21 heavy (non-hydrogen) atoms. The summed E-state index contributed by atoms with van der Waals surface area (Å²) in [6.45, 7) is 2.30. The Bertz CT molecular complexity index is 206. The summed E-state index contributed by atoms with van der Waals surface area (Å²) in [5.74, 6) is 1.01. The van der Waals surface area contributed by atoms with E-state index in [2.05, 4.69) is 19.3 Å². The average Bonchev–Trinajstić information content (AvgIpc) is 2.77. The quantitative estimate of drug-likeness (QED) is 0.321. The van der Waals surface area contributed by atoms with Crippen LogP contribution in [0.4, 0.5) is 0 Å². The topological polar surface area (TPSA) is 12.0 Å². The van der Waals surface area contributed by atoms with Gasteiger partial charge in [-0.25, -0.2) is 0 Å². The van der Waals surface area contributed by atoms with Crippen molar-refractivity contribution in [2.24, 2.45) is 5.92 Å². The summed E-state index contributed by atoms with van der Waals surface area (Å²) in [4.78, 5) is 0. The van der Waals surface area contributed by atoms with Crippen LogP contribution in [0.2, 0.25) is 0 Å². The molecule has 1 unspecified atom stereocenters. The summed E-state index contributed by atoms with van der Waals surface area (Å²) in [7, 11) is 2.17. The first kappa shape index (κ1) is 19.0. The average molecular weight is 296 g/mol. The molecule has 126 valence electrons.